The van der Waals surface area contributed by atoms with E-state index < -0.39 is 0 Å². The van der Waals surface area contributed by atoms with Crippen LogP contribution in [0.4, 0.5) is 5.82 Å². The summed E-state index contributed by atoms with van der Waals surface area (Å²) >= 11 is 1.62. The van der Waals surface area contributed by atoms with E-state index >= 15 is 0 Å². The lowest BCUT2D eigenvalue weighted by molar-refractivity contribution is -0.116. The molecular formula is C17H20N4OS. The maximum Gasteiger partial charge on any atom is 0.131 e. The Kier molecular flexibility index (Phi) is 3.18. The van der Waals surface area contributed by atoms with Gasteiger partial charge in [-0.05, 0) is 44.0 Å². The summed E-state index contributed by atoms with van der Waals surface area (Å²) in [4.78, 5) is 13.8. The molecule has 6 rings (SSSR count). The van der Waals surface area contributed by atoms with Crippen molar-refractivity contribution in [2.24, 2.45) is 5.92 Å². The summed E-state index contributed by atoms with van der Waals surface area (Å²) < 4.78 is 6.34. The molecule has 6 heteroatoms. The summed E-state index contributed by atoms with van der Waals surface area (Å²) in [6, 6.07) is 4.17. The third-order valence-electron chi connectivity index (χ3n) is 5.59. The van der Waals surface area contributed by atoms with Crippen molar-refractivity contribution in [3.8, 4) is 11.3 Å². The van der Waals surface area contributed by atoms with Crippen LogP contribution >= 0.6 is 11.3 Å². The smallest absolute Gasteiger partial charge is 0.131 e. The van der Waals surface area contributed by atoms with E-state index in [4.69, 9.17) is 4.74 Å². The van der Waals surface area contributed by atoms with Gasteiger partial charge in [0.25, 0.3) is 0 Å². The monoisotopic (exact) mass is 328 g/mol. The van der Waals surface area contributed by atoms with Crippen LogP contribution in [0, 0.1) is 5.92 Å². The van der Waals surface area contributed by atoms with Crippen LogP contribution in [-0.2, 0) is 4.74 Å². The number of piperidine rings is 3. The molecule has 0 amide bonds. The van der Waals surface area contributed by atoms with Gasteiger partial charge in [0, 0.05) is 23.7 Å². The topological polar surface area (TPSA) is 41.5 Å². The third kappa shape index (κ3) is 2.28. The average molecular weight is 328 g/mol. The highest BCUT2D eigenvalue weighted by molar-refractivity contribution is 7.07. The van der Waals surface area contributed by atoms with Crippen LogP contribution in [0.3, 0.4) is 0 Å². The Morgan fingerprint density at radius 1 is 1.22 bits per heavy atom. The summed E-state index contributed by atoms with van der Waals surface area (Å²) in [5, 5.41) is 2.08. The fourth-order valence-corrected chi connectivity index (χ4v) is 4.90. The molecule has 23 heavy (non-hydrogen) atoms. The van der Waals surface area contributed by atoms with Crippen molar-refractivity contribution >= 4 is 17.2 Å². The molecule has 0 aliphatic carbocycles. The van der Waals surface area contributed by atoms with Crippen LogP contribution in [0.25, 0.3) is 11.3 Å². The fraction of sp³-hybridized carbons (Fsp3) is 0.529. The quantitative estimate of drug-likeness (QED) is 0.847. The number of hydrogen-bond acceptors (Lipinski definition) is 6. The van der Waals surface area contributed by atoms with Crippen molar-refractivity contribution in [2.75, 3.05) is 37.8 Å². The molecule has 4 aliphatic rings. The SMILES string of the molecule is c1cc(-c2cscn2)cc(N2CO[C@]3(CN4CCC3CC4)C2)n1. The molecule has 0 N–H and O–H groups in total. The van der Waals surface area contributed by atoms with Crippen molar-refractivity contribution in [1.82, 2.24) is 14.9 Å². The van der Waals surface area contributed by atoms with Crippen LogP contribution in [-0.4, -0.2) is 53.4 Å². The average Bonchev–Trinajstić information content (AvgIpc) is 3.27. The van der Waals surface area contributed by atoms with Crippen LogP contribution in [0.15, 0.2) is 29.2 Å². The number of rotatable bonds is 2. The van der Waals surface area contributed by atoms with Gasteiger partial charge in [-0.2, -0.15) is 0 Å². The molecule has 4 fully saturated rings. The summed E-state index contributed by atoms with van der Waals surface area (Å²) in [6.07, 6.45) is 4.44. The Balaban J connectivity index is 1.40. The van der Waals surface area contributed by atoms with Crippen molar-refractivity contribution < 1.29 is 4.74 Å². The maximum atomic E-state index is 6.34. The number of aromatic nitrogens is 2. The van der Waals surface area contributed by atoms with Gasteiger partial charge >= 0.3 is 0 Å². The number of ether oxygens (including phenoxy) is 1. The lowest BCUT2D eigenvalue weighted by atomic mass is 9.75. The van der Waals surface area contributed by atoms with Crippen LogP contribution < -0.4 is 4.90 Å². The molecule has 2 bridgehead atoms. The number of pyridine rings is 1. The molecule has 0 radical (unpaired) electrons. The van der Waals surface area contributed by atoms with E-state index in [1.165, 1.54) is 25.9 Å². The van der Waals surface area contributed by atoms with Gasteiger partial charge in [-0.3, -0.25) is 0 Å². The van der Waals surface area contributed by atoms with Crippen molar-refractivity contribution in [3.63, 3.8) is 0 Å². The minimum absolute atomic E-state index is 0.0226. The Bertz CT molecular complexity index is 698. The summed E-state index contributed by atoms with van der Waals surface area (Å²) in [6.45, 7) is 5.18. The highest BCUT2D eigenvalue weighted by atomic mass is 32.1. The van der Waals surface area contributed by atoms with Gasteiger partial charge < -0.3 is 14.5 Å². The van der Waals surface area contributed by atoms with Gasteiger partial charge in [0.05, 0.1) is 17.7 Å². The predicted molar refractivity (Wildman–Crippen MR) is 90.5 cm³/mol. The molecular weight excluding hydrogens is 308 g/mol. The highest BCUT2D eigenvalue weighted by Gasteiger charge is 2.51. The zero-order valence-electron chi connectivity index (χ0n) is 13.0. The molecule has 0 saturated carbocycles. The second kappa shape index (κ2) is 5.26. The van der Waals surface area contributed by atoms with Crippen LogP contribution in [0.1, 0.15) is 12.8 Å². The number of hydrogen-bond donors (Lipinski definition) is 0. The van der Waals surface area contributed by atoms with Gasteiger partial charge in [-0.25, -0.2) is 9.97 Å². The normalized spacial score (nSPS) is 32.8. The maximum absolute atomic E-state index is 6.34. The Hall–Kier alpha value is -1.50. The van der Waals surface area contributed by atoms with Crippen LogP contribution in [0.5, 0.6) is 0 Å². The van der Waals surface area contributed by atoms with Crippen molar-refractivity contribution in [3.05, 3.63) is 29.2 Å². The zero-order valence-corrected chi connectivity index (χ0v) is 13.8. The fourth-order valence-electron chi connectivity index (χ4n) is 4.34. The van der Waals surface area contributed by atoms with Crippen molar-refractivity contribution in [2.45, 2.75) is 18.4 Å². The molecule has 1 atom stereocenters. The van der Waals surface area contributed by atoms with Crippen LogP contribution in [0.2, 0.25) is 0 Å². The van der Waals surface area contributed by atoms with E-state index in [-0.39, 0.29) is 5.60 Å². The summed E-state index contributed by atoms with van der Waals surface area (Å²) in [5.41, 5.74) is 4.05. The molecule has 5 nitrogen and oxygen atoms in total. The van der Waals surface area contributed by atoms with Gasteiger partial charge in [-0.1, -0.05) is 0 Å². The van der Waals surface area contributed by atoms with Gasteiger partial charge in [-0.15, -0.1) is 11.3 Å². The first kappa shape index (κ1) is 13.9. The zero-order chi connectivity index (χ0) is 15.3. The Morgan fingerprint density at radius 2 is 2.13 bits per heavy atom. The van der Waals surface area contributed by atoms with Gasteiger partial charge in [0.2, 0.25) is 0 Å². The molecule has 2 aromatic heterocycles. The van der Waals surface area contributed by atoms with E-state index in [1.807, 2.05) is 17.8 Å². The van der Waals surface area contributed by atoms with E-state index in [0.717, 1.165) is 30.2 Å². The molecule has 6 heterocycles. The molecule has 0 aromatic carbocycles. The molecule has 2 aromatic rings. The Morgan fingerprint density at radius 3 is 2.87 bits per heavy atom. The lowest BCUT2D eigenvalue weighted by Gasteiger charge is -2.50. The second-order valence-corrected chi connectivity index (χ2v) is 7.58. The molecule has 120 valence electrons. The molecule has 0 unspecified atom stereocenters. The minimum Gasteiger partial charge on any atom is -0.351 e. The van der Waals surface area contributed by atoms with Crippen molar-refractivity contribution in [1.29, 1.82) is 0 Å². The van der Waals surface area contributed by atoms with E-state index in [9.17, 15) is 0 Å². The number of nitrogens with zero attached hydrogens (tertiary/aromatic N) is 4. The Labute approximate surface area is 139 Å². The minimum atomic E-state index is 0.0226. The van der Waals surface area contributed by atoms with Gasteiger partial charge in [0.1, 0.15) is 18.1 Å². The van der Waals surface area contributed by atoms with E-state index in [2.05, 4.69) is 31.2 Å². The first-order valence-electron chi connectivity index (χ1n) is 8.28. The molecule has 4 aliphatic heterocycles. The standard InChI is InChI=1S/C17H20N4OS/c1-4-18-16(7-13(1)15-8-23-11-19-15)21-10-17(22-12-21)9-20-5-2-14(17)3-6-20/h1,4,7-8,11,14H,2-3,5-6,9-10,12H2/t17-/m1/s1. The third-order valence-corrected chi connectivity index (χ3v) is 6.17. The highest BCUT2D eigenvalue weighted by Crippen LogP contribution is 2.42. The first-order valence-corrected chi connectivity index (χ1v) is 9.23. The summed E-state index contributed by atoms with van der Waals surface area (Å²) in [5.74, 6) is 1.71. The van der Waals surface area contributed by atoms with E-state index in [0.29, 0.717) is 12.6 Å². The van der Waals surface area contributed by atoms with E-state index in [1.54, 1.807) is 11.3 Å². The molecule has 1 spiro atoms. The first-order chi connectivity index (χ1) is 11.3. The number of anilines is 1. The second-order valence-electron chi connectivity index (χ2n) is 6.86. The molecule has 4 saturated heterocycles. The number of thiazole rings is 1. The number of fused-ring (bicyclic) bond motifs is 2. The lowest BCUT2D eigenvalue weighted by Crippen LogP contribution is -2.61. The largest absolute Gasteiger partial charge is 0.351 e. The summed E-state index contributed by atoms with van der Waals surface area (Å²) in [7, 11) is 0. The van der Waals surface area contributed by atoms with Gasteiger partial charge in [0.15, 0.2) is 0 Å². The predicted octanol–water partition coefficient (Wildman–Crippen LogP) is 2.46.